The summed E-state index contributed by atoms with van der Waals surface area (Å²) in [6.07, 6.45) is 11.5. The molecule has 4 aliphatic rings. The van der Waals surface area contributed by atoms with Gasteiger partial charge in [0.1, 0.15) is 0 Å². The second-order valence-electron chi connectivity index (χ2n) is 11.3. The Labute approximate surface area is 173 Å². The maximum atomic E-state index is 14.1. The predicted octanol–water partition coefficient (Wildman–Crippen LogP) is 8.09. The van der Waals surface area contributed by atoms with Crippen molar-refractivity contribution in [3.63, 3.8) is 0 Å². The van der Waals surface area contributed by atoms with E-state index in [1.54, 1.807) is 0 Å². The minimum atomic E-state index is -2.40. The van der Waals surface area contributed by atoms with E-state index in [2.05, 4.69) is 36.7 Å². The predicted molar refractivity (Wildman–Crippen MR) is 112 cm³/mol. The molecule has 0 amide bonds. The van der Waals surface area contributed by atoms with Gasteiger partial charge in [-0.1, -0.05) is 36.7 Å². The third-order valence-electron chi connectivity index (χ3n) is 10.2. The Balaban J connectivity index is 1.52. The topological polar surface area (TPSA) is 0 Å². The van der Waals surface area contributed by atoms with Gasteiger partial charge < -0.3 is 0 Å². The average Bonchev–Trinajstić information content (AvgIpc) is 2.97. The van der Waals surface area contributed by atoms with E-state index in [4.69, 9.17) is 0 Å². The molecule has 0 aromatic carbocycles. The summed E-state index contributed by atoms with van der Waals surface area (Å²) >= 11 is 3.61. The molecule has 27 heavy (non-hydrogen) atoms. The van der Waals surface area contributed by atoms with E-state index in [9.17, 15) is 8.78 Å². The second kappa shape index (κ2) is 7.24. The van der Waals surface area contributed by atoms with Crippen molar-refractivity contribution >= 4 is 15.9 Å². The van der Waals surface area contributed by atoms with Crippen LogP contribution in [-0.4, -0.2) is 11.3 Å². The van der Waals surface area contributed by atoms with Crippen molar-refractivity contribution in [3.05, 3.63) is 0 Å². The van der Waals surface area contributed by atoms with Gasteiger partial charge in [0.2, 0.25) is 5.92 Å². The second-order valence-corrected chi connectivity index (χ2v) is 12.0. The summed E-state index contributed by atoms with van der Waals surface area (Å²) in [6.45, 7) is 7.51. The highest BCUT2D eigenvalue weighted by molar-refractivity contribution is 9.09. The molecule has 0 saturated heterocycles. The fraction of sp³-hybridized carbons (Fsp3) is 1.00. The maximum absolute atomic E-state index is 14.1. The SMILES string of the molecule is C[C@H](CCCBr)[C@H]1CC[C@H]2[C@@H]3CC[C@@H]4CC(F)(F)CC[C@]4(C)[C@H]3CC[C@]12C. The molecule has 0 heterocycles. The van der Waals surface area contributed by atoms with E-state index in [-0.39, 0.29) is 24.2 Å². The van der Waals surface area contributed by atoms with E-state index in [1.165, 1.54) is 44.9 Å². The van der Waals surface area contributed by atoms with E-state index in [0.29, 0.717) is 11.3 Å². The van der Waals surface area contributed by atoms with E-state index < -0.39 is 5.92 Å². The van der Waals surface area contributed by atoms with Gasteiger partial charge in [-0.25, -0.2) is 8.78 Å². The Kier molecular flexibility index (Phi) is 5.52. The Hall–Kier alpha value is 0.340. The summed E-state index contributed by atoms with van der Waals surface area (Å²) < 4.78 is 28.2. The van der Waals surface area contributed by atoms with Crippen molar-refractivity contribution < 1.29 is 8.78 Å². The van der Waals surface area contributed by atoms with Crippen molar-refractivity contribution in [3.8, 4) is 0 Å². The Morgan fingerprint density at radius 1 is 0.926 bits per heavy atom. The van der Waals surface area contributed by atoms with Gasteiger partial charge in [-0.15, -0.1) is 0 Å². The van der Waals surface area contributed by atoms with Crippen molar-refractivity contribution in [1.82, 2.24) is 0 Å². The largest absolute Gasteiger partial charge is 0.248 e. The highest BCUT2D eigenvalue weighted by atomic mass is 79.9. The van der Waals surface area contributed by atoms with Gasteiger partial charge >= 0.3 is 0 Å². The molecule has 4 saturated carbocycles. The Morgan fingerprint density at radius 3 is 2.41 bits per heavy atom. The molecular weight excluding hydrogens is 406 g/mol. The lowest BCUT2D eigenvalue weighted by atomic mass is 9.44. The van der Waals surface area contributed by atoms with Gasteiger partial charge in [-0.2, -0.15) is 0 Å². The first-order valence-electron chi connectivity index (χ1n) is 11.6. The summed E-state index contributed by atoms with van der Waals surface area (Å²) in [6, 6.07) is 0. The van der Waals surface area contributed by atoms with E-state index >= 15 is 0 Å². The van der Waals surface area contributed by atoms with Crippen LogP contribution >= 0.6 is 15.9 Å². The first kappa shape index (κ1) is 20.6. The number of halogens is 3. The van der Waals surface area contributed by atoms with Crippen molar-refractivity contribution in [2.45, 2.75) is 97.3 Å². The molecule has 0 spiro atoms. The highest BCUT2D eigenvalue weighted by Crippen LogP contribution is 2.69. The normalized spacial score (nSPS) is 49.8. The standard InChI is InChI=1S/C24H39BrF2/c1-16(5-4-14-25)19-8-9-20-18-7-6-17-15-24(26,27)13-12-22(17,2)21(18)10-11-23(19,20)3/h16-21H,4-15H2,1-3H3/t16-,17-,18+,19-,20+,21+,22+,23-/m1/s1. The molecule has 0 radical (unpaired) electrons. The maximum Gasteiger partial charge on any atom is 0.248 e. The third kappa shape index (κ3) is 3.34. The van der Waals surface area contributed by atoms with Crippen molar-refractivity contribution in [2.75, 3.05) is 5.33 Å². The van der Waals surface area contributed by atoms with Gasteiger partial charge in [0.15, 0.2) is 0 Å². The third-order valence-corrected chi connectivity index (χ3v) is 10.8. The summed E-state index contributed by atoms with van der Waals surface area (Å²) in [4.78, 5) is 0. The number of alkyl halides is 3. The van der Waals surface area contributed by atoms with Crippen LogP contribution in [-0.2, 0) is 0 Å². The summed E-state index contributed by atoms with van der Waals surface area (Å²) in [7, 11) is 0. The monoisotopic (exact) mass is 444 g/mol. The molecule has 0 bridgehead atoms. The van der Waals surface area contributed by atoms with Crippen LogP contribution in [0.2, 0.25) is 0 Å². The van der Waals surface area contributed by atoms with Crippen LogP contribution in [0.4, 0.5) is 8.78 Å². The van der Waals surface area contributed by atoms with Crippen LogP contribution in [0.25, 0.3) is 0 Å². The molecule has 0 N–H and O–H groups in total. The fourth-order valence-electron chi connectivity index (χ4n) is 8.75. The minimum absolute atomic E-state index is 0.136. The van der Waals surface area contributed by atoms with Gasteiger partial charge in [0.05, 0.1) is 0 Å². The molecule has 0 aliphatic heterocycles. The molecule has 0 unspecified atom stereocenters. The number of rotatable bonds is 4. The Bertz CT molecular complexity index is 548. The van der Waals surface area contributed by atoms with Gasteiger partial charge in [0, 0.05) is 18.2 Å². The Morgan fingerprint density at radius 2 is 1.67 bits per heavy atom. The van der Waals surface area contributed by atoms with E-state index in [1.807, 2.05) is 0 Å². The van der Waals surface area contributed by atoms with Crippen LogP contribution < -0.4 is 0 Å². The lowest BCUT2D eigenvalue weighted by Gasteiger charge is -2.61. The molecule has 4 fully saturated rings. The summed E-state index contributed by atoms with van der Waals surface area (Å²) in [5.74, 6) is 1.95. The molecule has 4 aliphatic carbocycles. The first-order valence-corrected chi connectivity index (χ1v) is 12.8. The zero-order valence-electron chi connectivity index (χ0n) is 17.6. The highest BCUT2D eigenvalue weighted by Gasteiger charge is 2.61. The quantitative estimate of drug-likeness (QED) is 0.384. The van der Waals surface area contributed by atoms with Crippen LogP contribution in [0.5, 0.6) is 0 Å². The van der Waals surface area contributed by atoms with Gasteiger partial charge in [0.25, 0.3) is 0 Å². The number of hydrogen-bond donors (Lipinski definition) is 0. The zero-order valence-corrected chi connectivity index (χ0v) is 19.2. The molecule has 3 heteroatoms. The van der Waals surface area contributed by atoms with E-state index in [0.717, 1.165) is 41.8 Å². The zero-order chi connectivity index (χ0) is 19.4. The number of hydrogen-bond acceptors (Lipinski definition) is 0. The number of fused-ring (bicyclic) bond motifs is 5. The van der Waals surface area contributed by atoms with Crippen molar-refractivity contribution in [1.29, 1.82) is 0 Å². The minimum Gasteiger partial charge on any atom is -0.207 e. The molecule has 156 valence electrons. The molecule has 0 nitrogen and oxygen atoms in total. The van der Waals surface area contributed by atoms with Crippen LogP contribution in [0, 0.1) is 46.3 Å². The lowest BCUT2D eigenvalue weighted by Crippen LogP contribution is -2.55. The molecule has 8 atom stereocenters. The van der Waals surface area contributed by atoms with Crippen molar-refractivity contribution in [2.24, 2.45) is 46.3 Å². The van der Waals surface area contributed by atoms with Crippen LogP contribution in [0.1, 0.15) is 91.4 Å². The molecule has 0 aromatic rings. The van der Waals surface area contributed by atoms with Crippen LogP contribution in [0.15, 0.2) is 0 Å². The fourth-order valence-corrected chi connectivity index (χ4v) is 9.07. The first-order chi connectivity index (χ1) is 12.7. The lowest BCUT2D eigenvalue weighted by molar-refractivity contribution is -0.164. The summed E-state index contributed by atoms with van der Waals surface area (Å²) in [5, 5.41) is 1.12. The smallest absolute Gasteiger partial charge is 0.207 e. The van der Waals surface area contributed by atoms with Gasteiger partial charge in [-0.3, -0.25) is 0 Å². The molecule has 4 rings (SSSR count). The molecular formula is C24H39BrF2. The average molecular weight is 445 g/mol. The van der Waals surface area contributed by atoms with Crippen LogP contribution in [0.3, 0.4) is 0 Å². The van der Waals surface area contributed by atoms with Gasteiger partial charge in [-0.05, 0) is 104 Å². The molecule has 0 aromatic heterocycles. The summed E-state index contributed by atoms with van der Waals surface area (Å²) in [5.41, 5.74) is 0.695.